The van der Waals surface area contributed by atoms with Gasteiger partial charge >= 0.3 is 0 Å². The van der Waals surface area contributed by atoms with Gasteiger partial charge in [-0.15, -0.1) is 53.6 Å². The molecule has 57 heavy (non-hydrogen) atoms. The van der Waals surface area contributed by atoms with Crippen LogP contribution in [0.1, 0.15) is 48.5 Å². The summed E-state index contributed by atoms with van der Waals surface area (Å²) in [6.45, 7) is 17.2. The molecule has 6 aromatic carbocycles. The molecule has 0 unspecified atom stereocenters. The zero-order chi connectivity index (χ0) is 41.0. The van der Waals surface area contributed by atoms with Crippen molar-refractivity contribution in [3.8, 4) is 28.3 Å². The van der Waals surface area contributed by atoms with Gasteiger partial charge in [0.15, 0.2) is 0 Å². The molecule has 0 aliphatic heterocycles. The van der Waals surface area contributed by atoms with Crippen molar-refractivity contribution in [2.75, 3.05) is 0 Å². The van der Waals surface area contributed by atoms with Gasteiger partial charge in [0, 0.05) is 40.1 Å². The van der Waals surface area contributed by atoms with Crippen LogP contribution in [-0.4, -0.2) is 22.6 Å². The van der Waals surface area contributed by atoms with Gasteiger partial charge in [0.25, 0.3) is 0 Å². The number of pyridine rings is 1. The molecule has 0 spiro atoms. The minimum atomic E-state index is -1.71. The molecule has 0 atom stereocenters. The molecule has 0 saturated carbocycles. The summed E-state index contributed by atoms with van der Waals surface area (Å²) < 4.78 is 25.9. The van der Waals surface area contributed by atoms with E-state index in [2.05, 4.69) is 142 Å². The predicted octanol–water partition coefficient (Wildman–Crippen LogP) is 13.1. The fourth-order valence-electron chi connectivity index (χ4n) is 7.34. The minimum absolute atomic E-state index is 0. The van der Waals surface area contributed by atoms with Gasteiger partial charge in [-0.25, -0.2) is 0 Å². The fraction of sp³-hybridized carbons (Fsp3) is 0.216. The molecule has 0 fully saturated rings. The van der Waals surface area contributed by atoms with E-state index in [1.807, 2.05) is 62.5 Å². The van der Waals surface area contributed by atoms with Crippen LogP contribution < -0.4 is 5.19 Å². The quantitative estimate of drug-likeness (QED) is 0.123. The number of imidazole rings is 1. The Morgan fingerprint density at radius 3 is 2.28 bits per heavy atom. The molecule has 1 radical (unpaired) electrons. The van der Waals surface area contributed by atoms with E-state index >= 15 is 0 Å². The van der Waals surface area contributed by atoms with E-state index in [4.69, 9.17) is 17.1 Å². The summed E-state index contributed by atoms with van der Waals surface area (Å²) in [4.78, 5) is 9.74. The van der Waals surface area contributed by atoms with E-state index in [0.717, 1.165) is 72.1 Å². The first kappa shape index (κ1) is 37.4. The summed E-state index contributed by atoms with van der Waals surface area (Å²) in [5, 5.41) is 5.69. The standard InChI is InChI=1S/C29H17N2O.C22H32NSi.Ir/c1-2-9-20-18-21(17-16-19(20)8-1)31-26-14-5-4-13-25(26)30-29(31)24-12-7-11-23-22-10-3-6-15-27(22)32-28(23)24;1-16(2)12-18-14-20(23-15-21(18)24(6,7)8)17-10-9-11-19(13-17)22(3,4)5;/h1-11,13-18H;9,11,13-16H,12H2,1-8H3;/q2*-1;/i;12D2;. The first-order chi connectivity index (χ1) is 27.6. The Labute approximate surface area is 354 Å². The number of benzene rings is 6. The normalized spacial score (nSPS) is 12.7. The average molecular weight is 942 g/mol. The number of hydrogen-bond acceptors (Lipinski definition) is 3. The van der Waals surface area contributed by atoms with E-state index in [9.17, 15) is 0 Å². The van der Waals surface area contributed by atoms with Crippen molar-refractivity contribution in [2.45, 2.75) is 66.0 Å². The molecule has 0 amide bonds. The molecule has 6 heteroatoms. The van der Waals surface area contributed by atoms with Crippen LogP contribution in [0.3, 0.4) is 0 Å². The predicted molar refractivity (Wildman–Crippen MR) is 239 cm³/mol. The summed E-state index contributed by atoms with van der Waals surface area (Å²) >= 11 is 0. The maximum absolute atomic E-state index is 8.69. The second-order valence-electron chi connectivity index (χ2n) is 16.9. The number of hydrogen-bond donors (Lipinski definition) is 0. The Kier molecular flexibility index (Phi) is 10.5. The van der Waals surface area contributed by atoms with Crippen molar-refractivity contribution >= 4 is 57.0 Å². The summed E-state index contributed by atoms with van der Waals surface area (Å²) in [7, 11) is -1.71. The largest absolute Gasteiger partial charge is 0.501 e. The fourth-order valence-corrected chi connectivity index (χ4v) is 8.74. The summed E-state index contributed by atoms with van der Waals surface area (Å²) in [6.07, 6.45) is 0.531. The third-order valence-electron chi connectivity index (χ3n) is 10.2. The minimum Gasteiger partial charge on any atom is -0.501 e. The molecule has 0 aliphatic carbocycles. The van der Waals surface area contributed by atoms with Crippen LogP contribution in [0.15, 0.2) is 138 Å². The number of furan rings is 1. The average Bonchev–Trinajstić information content (AvgIpc) is 3.79. The number of rotatable bonds is 6. The molecule has 0 aliphatic rings. The van der Waals surface area contributed by atoms with E-state index in [-0.39, 0.29) is 31.4 Å². The first-order valence-electron chi connectivity index (χ1n) is 20.4. The van der Waals surface area contributed by atoms with Crippen LogP contribution in [0.2, 0.25) is 19.6 Å². The van der Waals surface area contributed by atoms with Gasteiger partial charge in [-0.1, -0.05) is 138 Å². The Morgan fingerprint density at radius 1 is 0.789 bits per heavy atom. The zero-order valence-electron chi connectivity index (χ0n) is 35.9. The molecule has 9 aromatic rings. The van der Waals surface area contributed by atoms with Crippen molar-refractivity contribution in [3.63, 3.8) is 0 Å². The Bertz CT molecular complexity index is 2950. The maximum atomic E-state index is 8.69. The zero-order valence-corrected chi connectivity index (χ0v) is 37.3. The Hall–Kier alpha value is -5.13. The van der Waals surface area contributed by atoms with Gasteiger partial charge < -0.3 is 14.0 Å². The SMILES string of the molecule is [2H]C([2H])(c1cc(-c2[c-]ccc(C(C)(C)C)c2)ncc1[Si](C)(C)C)C(C)C.[Ir].[c-]1ccc2c(oc3ccccc32)c1-c1nc2ccccc2n1-c1ccc2ccccc2c1. The molecule has 4 nitrogen and oxygen atoms in total. The van der Waals surface area contributed by atoms with Gasteiger partial charge in [0.1, 0.15) is 5.58 Å². The molecule has 289 valence electrons. The number of para-hydroxylation sites is 3. The maximum Gasteiger partial charge on any atom is 0.120 e. The topological polar surface area (TPSA) is 43.9 Å². The number of aromatic nitrogens is 3. The molecule has 3 heterocycles. The first-order valence-corrected chi connectivity index (χ1v) is 22.9. The van der Waals surface area contributed by atoms with Crippen LogP contribution in [0, 0.1) is 18.1 Å². The monoisotopic (exact) mass is 942 g/mol. The summed E-state index contributed by atoms with van der Waals surface area (Å²) in [6, 6.07) is 50.2. The number of nitrogens with zero attached hydrogens (tertiary/aromatic N) is 3. The molecular weight excluding hydrogens is 891 g/mol. The molecule has 9 rings (SSSR count). The van der Waals surface area contributed by atoms with Gasteiger partial charge in [-0.3, -0.25) is 4.98 Å². The molecular formula is C51H49IrN3OSi-2. The van der Waals surface area contributed by atoms with Crippen LogP contribution in [0.5, 0.6) is 0 Å². The summed E-state index contributed by atoms with van der Waals surface area (Å²) in [5.74, 6) is 0.726. The van der Waals surface area contributed by atoms with Crippen LogP contribution in [0.4, 0.5) is 0 Å². The molecule has 3 aromatic heterocycles. The number of fused-ring (bicyclic) bond motifs is 5. The Balaban J connectivity index is 0.000000181. The van der Waals surface area contributed by atoms with Crippen molar-refractivity contribution < 1.29 is 27.3 Å². The second-order valence-corrected chi connectivity index (χ2v) is 21.9. The van der Waals surface area contributed by atoms with Crippen molar-refractivity contribution in [3.05, 3.63) is 157 Å². The van der Waals surface area contributed by atoms with Gasteiger partial charge in [-0.05, 0) is 69.7 Å². The van der Waals surface area contributed by atoms with Crippen LogP contribution >= 0.6 is 0 Å². The Morgan fingerprint density at radius 2 is 1.51 bits per heavy atom. The molecule has 0 saturated heterocycles. The van der Waals surface area contributed by atoms with Gasteiger partial charge in [0.2, 0.25) is 0 Å². The van der Waals surface area contributed by atoms with E-state index in [1.54, 1.807) is 0 Å². The second kappa shape index (κ2) is 16.0. The summed E-state index contributed by atoms with van der Waals surface area (Å²) in [5.41, 5.74) is 9.42. The van der Waals surface area contributed by atoms with Crippen LogP contribution in [-0.2, 0) is 31.9 Å². The van der Waals surface area contributed by atoms with Gasteiger partial charge in [0.05, 0.1) is 30.5 Å². The van der Waals surface area contributed by atoms with Crippen LogP contribution in [0.25, 0.3) is 72.1 Å². The van der Waals surface area contributed by atoms with Crippen molar-refractivity contribution in [2.24, 2.45) is 5.92 Å². The molecule has 0 bridgehead atoms. The van der Waals surface area contributed by atoms with Crippen molar-refractivity contribution in [1.82, 2.24) is 14.5 Å². The van der Waals surface area contributed by atoms with E-state index in [0.29, 0.717) is 0 Å². The van der Waals surface area contributed by atoms with Gasteiger partial charge in [-0.2, -0.15) is 0 Å². The van der Waals surface area contributed by atoms with Crippen molar-refractivity contribution in [1.29, 1.82) is 0 Å². The third kappa shape index (κ3) is 8.18. The van der Waals surface area contributed by atoms with E-state index < -0.39 is 14.4 Å². The molecule has 0 N–H and O–H groups in total. The third-order valence-corrected chi connectivity index (χ3v) is 12.2. The van der Waals surface area contributed by atoms with E-state index in [1.165, 1.54) is 16.3 Å². The smallest absolute Gasteiger partial charge is 0.120 e.